The van der Waals surface area contributed by atoms with Gasteiger partial charge in [0.2, 0.25) is 10.0 Å². The van der Waals surface area contributed by atoms with Crippen LogP contribution in [0.1, 0.15) is 38.5 Å². The second-order valence-corrected chi connectivity index (χ2v) is 7.26. The maximum Gasteiger partial charge on any atom is 0.240 e. The highest BCUT2D eigenvalue weighted by molar-refractivity contribution is 7.89. The number of hydrogen-bond acceptors (Lipinski definition) is 3. The Kier molecular flexibility index (Phi) is 6.14. The van der Waals surface area contributed by atoms with Gasteiger partial charge in [0.15, 0.2) is 0 Å². The molecule has 0 radical (unpaired) electrons. The van der Waals surface area contributed by atoms with E-state index in [0.29, 0.717) is 19.1 Å². The molecular weight excluding hydrogens is 291 g/mol. The molecule has 0 saturated heterocycles. The van der Waals surface area contributed by atoms with Crippen molar-refractivity contribution in [2.45, 2.75) is 49.5 Å². The first-order valence-corrected chi connectivity index (χ1v) is 9.05. The molecule has 1 saturated carbocycles. The highest BCUT2D eigenvalue weighted by Crippen LogP contribution is 2.16. The molecule has 0 bridgehead atoms. The molecule has 4 nitrogen and oxygen atoms in total. The Balaban J connectivity index is 1.77. The topological polar surface area (TPSA) is 58.2 Å². The van der Waals surface area contributed by atoms with Gasteiger partial charge in [0, 0.05) is 19.1 Å². The summed E-state index contributed by atoms with van der Waals surface area (Å²) in [5.74, 6) is -0.547. The third-order valence-electron chi connectivity index (χ3n) is 3.81. The van der Waals surface area contributed by atoms with Crippen molar-refractivity contribution in [2.24, 2.45) is 0 Å². The minimum Gasteiger partial charge on any atom is -0.313 e. The summed E-state index contributed by atoms with van der Waals surface area (Å²) in [5, 5.41) is 3.40. The number of halogens is 1. The van der Waals surface area contributed by atoms with Gasteiger partial charge >= 0.3 is 0 Å². The van der Waals surface area contributed by atoms with E-state index in [0.717, 1.165) is 18.9 Å². The predicted molar refractivity (Wildman–Crippen MR) is 81.1 cm³/mol. The highest BCUT2D eigenvalue weighted by Gasteiger charge is 2.15. The molecule has 1 aliphatic rings. The van der Waals surface area contributed by atoms with Crippen LogP contribution in [-0.4, -0.2) is 27.5 Å². The lowest BCUT2D eigenvalue weighted by atomic mass is 10.1. The van der Waals surface area contributed by atoms with Crippen molar-refractivity contribution >= 4 is 10.0 Å². The summed E-state index contributed by atoms with van der Waals surface area (Å²) in [5.41, 5.74) is 0. The Morgan fingerprint density at radius 2 is 1.81 bits per heavy atom. The maximum atomic E-state index is 13.1. The van der Waals surface area contributed by atoms with Crippen LogP contribution < -0.4 is 10.0 Å². The summed E-state index contributed by atoms with van der Waals surface area (Å²) in [4.78, 5) is -0.0306. The first-order chi connectivity index (χ1) is 10.1. The molecule has 0 spiro atoms. The summed E-state index contributed by atoms with van der Waals surface area (Å²) >= 11 is 0. The third-order valence-corrected chi connectivity index (χ3v) is 5.27. The largest absolute Gasteiger partial charge is 0.313 e. The predicted octanol–water partition coefficient (Wildman–Crippen LogP) is 2.42. The van der Waals surface area contributed by atoms with Crippen molar-refractivity contribution in [3.63, 3.8) is 0 Å². The standard InChI is InChI=1S/C15H23FN2O2S/c16-13-6-5-9-15(12-13)21(19,20)18-11-10-17-14-7-3-1-2-4-8-14/h5-6,9,12,14,17-18H,1-4,7-8,10-11H2. The molecule has 2 rings (SSSR count). The van der Waals surface area contributed by atoms with Gasteiger partial charge in [-0.15, -0.1) is 0 Å². The zero-order chi connectivity index (χ0) is 15.1. The smallest absolute Gasteiger partial charge is 0.240 e. The van der Waals surface area contributed by atoms with E-state index >= 15 is 0 Å². The van der Waals surface area contributed by atoms with Crippen LogP contribution in [0.2, 0.25) is 0 Å². The van der Waals surface area contributed by atoms with Crippen LogP contribution in [0.5, 0.6) is 0 Å². The molecule has 2 N–H and O–H groups in total. The summed E-state index contributed by atoms with van der Waals surface area (Å²) < 4.78 is 39.5. The summed E-state index contributed by atoms with van der Waals surface area (Å²) in [6.07, 6.45) is 7.40. The van der Waals surface area contributed by atoms with Crippen LogP contribution in [0.3, 0.4) is 0 Å². The van der Waals surface area contributed by atoms with Crippen molar-refractivity contribution in [3.05, 3.63) is 30.1 Å². The quantitative estimate of drug-likeness (QED) is 0.626. The van der Waals surface area contributed by atoms with Gasteiger partial charge in [0.1, 0.15) is 5.82 Å². The van der Waals surface area contributed by atoms with Gasteiger partial charge in [0.05, 0.1) is 4.90 Å². The van der Waals surface area contributed by atoms with Crippen LogP contribution >= 0.6 is 0 Å². The van der Waals surface area contributed by atoms with Crippen LogP contribution in [-0.2, 0) is 10.0 Å². The van der Waals surface area contributed by atoms with Crippen LogP contribution in [0, 0.1) is 5.82 Å². The van der Waals surface area contributed by atoms with E-state index in [-0.39, 0.29) is 4.90 Å². The molecule has 0 heterocycles. The first-order valence-electron chi connectivity index (χ1n) is 7.56. The van der Waals surface area contributed by atoms with Crippen LogP contribution in [0.15, 0.2) is 29.2 Å². The van der Waals surface area contributed by atoms with Gasteiger partial charge in [-0.25, -0.2) is 17.5 Å². The van der Waals surface area contributed by atoms with Crippen molar-refractivity contribution in [2.75, 3.05) is 13.1 Å². The molecule has 1 fully saturated rings. The number of hydrogen-bond donors (Lipinski definition) is 2. The second kappa shape index (κ2) is 7.87. The van der Waals surface area contributed by atoms with Crippen molar-refractivity contribution in [1.82, 2.24) is 10.0 Å². The fourth-order valence-electron chi connectivity index (χ4n) is 2.66. The summed E-state index contributed by atoms with van der Waals surface area (Å²) in [6.45, 7) is 0.911. The molecule has 0 aliphatic heterocycles. The molecule has 21 heavy (non-hydrogen) atoms. The molecule has 1 aromatic carbocycles. The Labute approximate surface area is 126 Å². The molecule has 1 aliphatic carbocycles. The van der Waals surface area contributed by atoms with E-state index in [9.17, 15) is 12.8 Å². The van der Waals surface area contributed by atoms with Gasteiger partial charge in [-0.3, -0.25) is 0 Å². The highest BCUT2D eigenvalue weighted by atomic mass is 32.2. The van der Waals surface area contributed by atoms with Crippen molar-refractivity contribution in [3.8, 4) is 0 Å². The maximum absolute atomic E-state index is 13.1. The fourth-order valence-corrected chi connectivity index (χ4v) is 3.73. The van der Waals surface area contributed by atoms with Crippen LogP contribution in [0.4, 0.5) is 4.39 Å². The number of benzene rings is 1. The van der Waals surface area contributed by atoms with Crippen molar-refractivity contribution in [1.29, 1.82) is 0 Å². The minimum absolute atomic E-state index is 0.0306. The van der Waals surface area contributed by atoms with Gasteiger partial charge in [0.25, 0.3) is 0 Å². The zero-order valence-corrected chi connectivity index (χ0v) is 13.0. The normalized spacial score (nSPS) is 17.6. The summed E-state index contributed by atoms with van der Waals surface area (Å²) in [6, 6.07) is 5.54. The molecule has 0 unspecified atom stereocenters. The van der Waals surface area contributed by atoms with E-state index < -0.39 is 15.8 Å². The van der Waals surface area contributed by atoms with E-state index in [1.807, 2.05) is 0 Å². The van der Waals surface area contributed by atoms with Crippen LogP contribution in [0.25, 0.3) is 0 Å². The molecule has 0 amide bonds. The summed E-state index contributed by atoms with van der Waals surface area (Å²) in [7, 11) is -3.62. The lowest BCUT2D eigenvalue weighted by molar-refractivity contribution is 0.461. The second-order valence-electron chi connectivity index (χ2n) is 5.50. The molecule has 118 valence electrons. The zero-order valence-electron chi connectivity index (χ0n) is 12.1. The van der Waals surface area contributed by atoms with Crippen molar-refractivity contribution < 1.29 is 12.8 Å². The average Bonchev–Trinajstić information content (AvgIpc) is 2.72. The molecule has 0 aromatic heterocycles. The monoisotopic (exact) mass is 314 g/mol. The fraction of sp³-hybridized carbons (Fsp3) is 0.600. The number of rotatable bonds is 6. The Bertz CT molecular complexity index is 540. The SMILES string of the molecule is O=S(=O)(NCCNC1CCCCCC1)c1cccc(F)c1. The number of nitrogens with one attached hydrogen (secondary N) is 2. The Morgan fingerprint density at radius 1 is 1.10 bits per heavy atom. The first kappa shape index (κ1) is 16.4. The molecule has 1 aromatic rings. The third kappa shape index (κ3) is 5.37. The molecular formula is C15H23FN2O2S. The number of sulfonamides is 1. The van der Waals surface area contributed by atoms with Gasteiger partial charge in [-0.05, 0) is 31.0 Å². The minimum atomic E-state index is -3.62. The van der Waals surface area contributed by atoms with E-state index in [4.69, 9.17) is 0 Å². The van der Waals surface area contributed by atoms with E-state index in [1.54, 1.807) is 0 Å². The molecule has 0 atom stereocenters. The Hall–Kier alpha value is -0.980. The van der Waals surface area contributed by atoms with E-state index in [2.05, 4.69) is 10.0 Å². The molecule has 6 heteroatoms. The van der Waals surface area contributed by atoms with E-state index in [1.165, 1.54) is 43.9 Å². The average molecular weight is 314 g/mol. The lowest BCUT2D eigenvalue weighted by Crippen LogP contribution is -2.36. The van der Waals surface area contributed by atoms with Gasteiger partial charge < -0.3 is 5.32 Å². The van der Waals surface area contributed by atoms with Gasteiger partial charge in [-0.1, -0.05) is 31.7 Å². The lowest BCUT2D eigenvalue weighted by Gasteiger charge is -2.16. The Morgan fingerprint density at radius 3 is 2.48 bits per heavy atom. The van der Waals surface area contributed by atoms with Gasteiger partial charge in [-0.2, -0.15) is 0 Å².